The summed E-state index contributed by atoms with van der Waals surface area (Å²) in [5.74, 6) is -0.328. The molecule has 1 N–H and O–H groups in total. The predicted octanol–water partition coefficient (Wildman–Crippen LogP) is 4.01. The largest absolute Gasteiger partial charge is 0.322 e. The van der Waals surface area contributed by atoms with E-state index in [1.165, 1.54) is 28.6 Å². The van der Waals surface area contributed by atoms with Crippen LogP contribution >= 0.6 is 11.6 Å². The zero-order valence-corrected chi connectivity index (χ0v) is 15.8. The number of nitrogens with one attached hydrogen (secondary N) is 1. The van der Waals surface area contributed by atoms with Crippen molar-refractivity contribution in [2.24, 2.45) is 0 Å². The molecule has 0 saturated carbocycles. The van der Waals surface area contributed by atoms with Gasteiger partial charge in [0.2, 0.25) is 10.0 Å². The van der Waals surface area contributed by atoms with E-state index in [0.717, 1.165) is 12.8 Å². The lowest BCUT2D eigenvalue weighted by Crippen LogP contribution is -2.28. The van der Waals surface area contributed by atoms with E-state index >= 15 is 0 Å². The Hall–Kier alpha value is -1.89. The predicted molar refractivity (Wildman–Crippen MR) is 101 cm³/mol. The van der Waals surface area contributed by atoms with Gasteiger partial charge < -0.3 is 5.32 Å². The number of halogens is 1. The number of anilines is 1. The van der Waals surface area contributed by atoms with Gasteiger partial charge in [0.1, 0.15) is 0 Å². The third-order valence-electron chi connectivity index (χ3n) is 3.73. The van der Waals surface area contributed by atoms with Crippen molar-refractivity contribution in [1.29, 1.82) is 0 Å². The lowest BCUT2D eigenvalue weighted by Gasteiger charge is -2.17. The van der Waals surface area contributed by atoms with Crippen molar-refractivity contribution in [2.75, 3.05) is 18.9 Å². The van der Waals surface area contributed by atoms with Crippen molar-refractivity contribution >= 4 is 33.2 Å². The van der Waals surface area contributed by atoms with Crippen LogP contribution in [0.25, 0.3) is 0 Å². The number of carbonyl (C=O) groups excluding carboxylic acids is 1. The second-order valence-corrected chi connectivity index (χ2v) is 8.15. The fourth-order valence-electron chi connectivity index (χ4n) is 2.23. The lowest BCUT2D eigenvalue weighted by molar-refractivity contribution is 0.102. The first kappa shape index (κ1) is 19.4. The Bertz CT molecular complexity index is 836. The third-order valence-corrected chi connectivity index (χ3v) is 5.84. The van der Waals surface area contributed by atoms with Gasteiger partial charge in [-0.2, -0.15) is 0 Å². The monoisotopic (exact) mass is 380 g/mol. The Labute approximate surface area is 153 Å². The molecule has 0 saturated heterocycles. The van der Waals surface area contributed by atoms with E-state index in [-0.39, 0.29) is 10.8 Å². The summed E-state index contributed by atoms with van der Waals surface area (Å²) in [6, 6.07) is 12.7. The smallest absolute Gasteiger partial charge is 0.255 e. The second-order valence-electron chi connectivity index (χ2n) is 5.67. The Morgan fingerprint density at radius 1 is 1.16 bits per heavy atom. The van der Waals surface area contributed by atoms with Crippen molar-refractivity contribution in [2.45, 2.75) is 24.7 Å². The molecule has 134 valence electrons. The number of unbranched alkanes of at least 4 members (excludes halogenated alkanes) is 1. The van der Waals surface area contributed by atoms with Crippen LogP contribution in [-0.4, -0.2) is 32.2 Å². The van der Waals surface area contributed by atoms with Crippen molar-refractivity contribution in [3.8, 4) is 0 Å². The average Bonchev–Trinajstić information content (AvgIpc) is 2.59. The molecule has 0 spiro atoms. The topological polar surface area (TPSA) is 66.5 Å². The van der Waals surface area contributed by atoms with Gasteiger partial charge in [0, 0.05) is 29.9 Å². The normalized spacial score (nSPS) is 11.5. The molecule has 0 radical (unpaired) electrons. The minimum Gasteiger partial charge on any atom is -0.322 e. The van der Waals surface area contributed by atoms with E-state index in [1.54, 1.807) is 31.3 Å². The van der Waals surface area contributed by atoms with Crippen LogP contribution in [0.2, 0.25) is 5.02 Å². The van der Waals surface area contributed by atoms with Crippen LogP contribution in [0.4, 0.5) is 5.69 Å². The van der Waals surface area contributed by atoms with Gasteiger partial charge >= 0.3 is 0 Å². The molecule has 0 unspecified atom stereocenters. The van der Waals surface area contributed by atoms with Crippen LogP contribution in [0.15, 0.2) is 53.4 Å². The molecule has 2 aromatic rings. The van der Waals surface area contributed by atoms with Crippen molar-refractivity contribution in [1.82, 2.24) is 4.31 Å². The molecule has 0 heterocycles. The lowest BCUT2D eigenvalue weighted by atomic mass is 10.2. The van der Waals surface area contributed by atoms with Crippen LogP contribution < -0.4 is 5.32 Å². The number of nitrogens with zero attached hydrogens (tertiary/aromatic N) is 1. The molecule has 0 fully saturated rings. The molecule has 0 aliphatic carbocycles. The first-order valence-corrected chi connectivity index (χ1v) is 9.79. The van der Waals surface area contributed by atoms with Gasteiger partial charge in [0.05, 0.1) is 4.90 Å². The molecule has 25 heavy (non-hydrogen) atoms. The van der Waals surface area contributed by atoms with Gasteiger partial charge in [-0.3, -0.25) is 4.79 Å². The molecular weight excluding hydrogens is 360 g/mol. The van der Waals surface area contributed by atoms with Crippen LogP contribution in [0.5, 0.6) is 0 Å². The Morgan fingerprint density at radius 3 is 2.44 bits per heavy atom. The van der Waals surface area contributed by atoms with Crippen molar-refractivity contribution < 1.29 is 13.2 Å². The number of sulfonamides is 1. The standard InChI is InChI=1S/C18H21ClN2O3S/c1-3-4-12-21(2)25(23,24)17-10-8-14(9-11-17)18(22)20-16-7-5-6-15(19)13-16/h5-11,13H,3-4,12H2,1-2H3,(H,20,22). The summed E-state index contributed by atoms with van der Waals surface area (Å²) in [6.07, 6.45) is 1.72. The Balaban J connectivity index is 2.12. The molecular formula is C18H21ClN2O3S. The molecule has 0 bridgehead atoms. The minimum atomic E-state index is -3.53. The number of amides is 1. The number of hydrogen-bond donors (Lipinski definition) is 1. The van der Waals surface area contributed by atoms with E-state index < -0.39 is 10.0 Å². The van der Waals surface area contributed by atoms with Crippen molar-refractivity contribution in [3.63, 3.8) is 0 Å². The molecule has 5 nitrogen and oxygen atoms in total. The van der Waals surface area contributed by atoms with Crippen molar-refractivity contribution in [3.05, 3.63) is 59.1 Å². The highest BCUT2D eigenvalue weighted by Crippen LogP contribution is 2.18. The molecule has 7 heteroatoms. The summed E-state index contributed by atoms with van der Waals surface area (Å²) < 4.78 is 26.2. The van der Waals surface area contributed by atoms with E-state index in [2.05, 4.69) is 5.32 Å². The SMILES string of the molecule is CCCCN(C)S(=O)(=O)c1ccc(C(=O)Nc2cccc(Cl)c2)cc1. The maximum atomic E-state index is 12.5. The Morgan fingerprint density at radius 2 is 1.84 bits per heavy atom. The van der Waals surface area contributed by atoms with Crippen LogP contribution in [0.1, 0.15) is 30.1 Å². The second kappa shape index (κ2) is 8.47. The Kier molecular flexibility index (Phi) is 6.58. The molecule has 1 amide bonds. The highest BCUT2D eigenvalue weighted by Gasteiger charge is 2.20. The molecule has 0 aliphatic heterocycles. The van der Waals surface area contributed by atoms with Gasteiger partial charge in [-0.15, -0.1) is 0 Å². The first-order valence-electron chi connectivity index (χ1n) is 7.98. The zero-order valence-electron chi connectivity index (χ0n) is 14.2. The number of hydrogen-bond acceptors (Lipinski definition) is 3. The number of rotatable bonds is 7. The highest BCUT2D eigenvalue weighted by atomic mass is 35.5. The van der Waals surface area contributed by atoms with Gasteiger partial charge in [-0.25, -0.2) is 12.7 Å². The summed E-state index contributed by atoms with van der Waals surface area (Å²) in [4.78, 5) is 12.4. The quantitative estimate of drug-likeness (QED) is 0.789. The fraction of sp³-hybridized carbons (Fsp3) is 0.278. The maximum absolute atomic E-state index is 12.5. The van der Waals surface area contributed by atoms with Crippen LogP contribution in [0.3, 0.4) is 0 Å². The molecule has 0 aromatic heterocycles. The van der Waals surface area contributed by atoms with Crippen LogP contribution in [-0.2, 0) is 10.0 Å². The van der Waals surface area contributed by atoms with Gasteiger partial charge in [0.25, 0.3) is 5.91 Å². The minimum absolute atomic E-state index is 0.172. The molecule has 2 rings (SSSR count). The average molecular weight is 381 g/mol. The molecule has 0 atom stereocenters. The van der Waals surface area contributed by atoms with Crippen LogP contribution in [0, 0.1) is 0 Å². The highest BCUT2D eigenvalue weighted by molar-refractivity contribution is 7.89. The number of carbonyl (C=O) groups is 1. The fourth-order valence-corrected chi connectivity index (χ4v) is 3.63. The summed E-state index contributed by atoms with van der Waals surface area (Å²) in [5, 5.41) is 3.25. The van der Waals surface area contributed by atoms with E-state index in [4.69, 9.17) is 11.6 Å². The molecule has 0 aliphatic rings. The van der Waals surface area contributed by atoms with E-state index in [0.29, 0.717) is 22.8 Å². The zero-order chi connectivity index (χ0) is 18.4. The van der Waals surface area contributed by atoms with Gasteiger partial charge in [-0.05, 0) is 48.9 Å². The van der Waals surface area contributed by atoms with E-state index in [9.17, 15) is 13.2 Å². The summed E-state index contributed by atoms with van der Waals surface area (Å²) in [6.45, 7) is 2.48. The molecule has 2 aromatic carbocycles. The summed E-state index contributed by atoms with van der Waals surface area (Å²) >= 11 is 5.89. The third kappa shape index (κ3) is 5.04. The van der Waals surface area contributed by atoms with E-state index in [1.807, 2.05) is 6.92 Å². The summed E-state index contributed by atoms with van der Waals surface area (Å²) in [5.41, 5.74) is 0.948. The first-order chi connectivity index (χ1) is 11.8. The maximum Gasteiger partial charge on any atom is 0.255 e. The number of benzene rings is 2. The van der Waals surface area contributed by atoms with Gasteiger partial charge in [0.15, 0.2) is 0 Å². The summed E-state index contributed by atoms with van der Waals surface area (Å²) in [7, 11) is -1.97. The van der Waals surface area contributed by atoms with Gasteiger partial charge in [-0.1, -0.05) is 31.0 Å².